The highest BCUT2D eigenvalue weighted by molar-refractivity contribution is 9.10. The lowest BCUT2D eigenvalue weighted by molar-refractivity contribution is -0.0190. The normalized spacial score (nSPS) is 19.4. The van der Waals surface area contributed by atoms with Crippen molar-refractivity contribution in [2.45, 2.75) is 18.7 Å². The van der Waals surface area contributed by atoms with E-state index in [4.69, 9.17) is 19.3 Å². The molecule has 2 aliphatic heterocycles. The maximum absolute atomic E-state index is 6.40. The van der Waals surface area contributed by atoms with E-state index in [1.807, 2.05) is 42.5 Å². The quantitative estimate of drug-likeness (QED) is 0.495. The molecule has 152 valence electrons. The first-order chi connectivity index (χ1) is 14.7. The monoisotopic (exact) mass is 464 g/mol. The maximum Gasteiger partial charge on any atom is 0.213 e. The second-order valence-corrected chi connectivity index (χ2v) is 8.19. The van der Waals surface area contributed by atoms with E-state index in [2.05, 4.69) is 45.2 Å². The molecule has 0 bridgehead atoms. The van der Waals surface area contributed by atoms with E-state index >= 15 is 0 Å². The fourth-order valence-electron chi connectivity index (χ4n) is 4.07. The minimum absolute atomic E-state index is 0.117. The summed E-state index contributed by atoms with van der Waals surface area (Å²) in [7, 11) is 3.29. The first-order valence-electron chi connectivity index (χ1n) is 9.77. The van der Waals surface area contributed by atoms with Gasteiger partial charge in [0.2, 0.25) is 6.23 Å². The Bertz CT molecular complexity index is 1110. The molecule has 2 heterocycles. The highest BCUT2D eigenvalue weighted by Gasteiger charge is 2.40. The van der Waals surface area contributed by atoms with Gasteiger partial charge in [-0.1, -0.05) is 46.3 Å². The SMILES string of the molecule is COc1ccc(C2=NN3[C@H](C2)c2ccccc2O[C@H]3c2ccc(Br)cc2)cc1OC. The Morgan fingerprint density at radius 2 is 1.73 bits per heavy atom. The zero-order chi connectivity index (χ0) is 20.7. The van der Waals surface area contributed by atoms with Gasteiger partial charge in [0.15, 0.2) is 11.5 Å². The van der Waals surface area contributed by atoms with Crippen LogP contribution in [0.25, 0.3) is 0 Å². The van der Waals surface area contributed by atoms with Gasteiger partial charge in [0.05, 0.1) is 26.0 Å². The van der Waals surface area contributed by atoms with Crippen LogP contribution >= 0.6 is 15.9 Å². The summed E-state index contributed by atoms with van der Waals surface area (Å²) in [5.41, 5.74) is 4.25. The predicted molar refractivity (Wildman–Crippen MR) is 119 cm³/mol. The van der Waals surface area contributed by atoms with Crippen molar-refractivity contribution in [1.82, 2.24) is 5.01 Å². The van der Waals surface area contributed by atoms with Crippen LogP contribution in [0.1, 0.15) is 35.4 Å². The Kier molecular flexibility index (Phi) is 4.87. The van der Waals surface area contributed by atoms with Crippen molar-refractivity contribution in [3.8, 4) is 17.2 Å². The van der Waals surface area contributed by atoms with Crippen LogP contribution in [-0.4, -0.2) is 24.9 Å². The van der Waals surface area contributed by atoms with Gasteiger partial charge in [0.25, 0.3) is 0 Å². The van der Waals surface area contributed by atoms with Gasteiger partial charge in [0, 0.05) is 27.6 Å². The standard InChI is InChI=1S/C24H21BrN2O3/c1-28-22-12-9-16(13-23(22)29-2)19-14-20-18-5-3-4-6-21(18)30-24(27(20)26-19)15-7-10-17(25)11-8-15/h3-13,20,24H,14H2,1-2H3/t20-,24+/m1/s1. The van der Waals surface area contributed by atoms with E-state index in [0.29, 0.717) is 11.5 Å². The van der Waals surface area contributed by atoms with Gasteiger partial charge >= 0.3 is 0 Å². The van der Waals surface area contributed by atoms with Crippen LogP contribution in [0.4, 0.5) is 0 Å². The molecular formula is C24H21BrN2O3. The molecule has 3 aromatic rings. The van der Waals surface area contributed by atoms with Crippen molar-refractivity contribution < 1.29 is 14.2 Å². The molecule has 5 rings (SSSR count). The Hall–Kier alpha value is -2.99. The van der Waals surface area contributed by atoms with Crippen LogP contribution in [0, 0.1) is 0 Å². The highest BCUT2D eigenvalue weighted by Crippen LogP contribution is 2.47. The first-order valence-corrected chi connectivity index (χ1v) is 10.6. The van der Waals surface area contributed by atoms with Crippen molar-refractivity contribution >= 4 is 21.6 Å². The van der Waals surface area contributed by atoms with Crippen molar-refractivity contribution in [1.29, 1.82) is 0 Å². The molecule has 0 aliphatic carbocycles. The number of nitrogens with zero attached hydrogens (tertiary/aromatic N) is 2. The van der Waals surface area contributed by atoms with Gasteiger partial charge < -0.3 is 14.2 Å². The van der Waals surface area contributed by atoms with E-state index in [0.717, 1.165) is 39.0 Å². The fourth-order valence-corrected chi connectivity index (χ4v) is 4.34. The third-order valence-corrected chi connectivity index (χ3v) is 6.10. The molecule has 0 unspecified atom stereocenters. The van der Waals surface area contributed by atoms with Crippen molar-refractivity contribution in [3.05, 3.63) is 87.9 Å². The summed E-state index contributed by atoms with van der Waals surface area (Å²) in [6, 6.07) is 22.5. The van der Waals surface area contributed by atoms with Crippen LogP contribution in [0.15, 0.2) is 76.3 Å². The smallest absolute Gasteiger partial charge is 0.213 e. The summed E-state index contributed by atoms with van der Waals surface area (Å²) in [6.07, 6.45) is 0.513. The van der Waals surface area contributed by atoms with Crippen molar-refractivity contribution in [3.63, 3.8) is 0 Å². The summed E-state index contributed by atoms with van der Waals surface area (Å²) in [5.74, 6) is 2.32. The molecule has 0 N–H and O–H groups in total. The summed E-state index contributed by atoms with van der Waals surface area (Å²) < 4.78 is 18.3. The molecule has 2 atom stereocenters. The third-order valence-electron chi connectivity index (χ3n) is 5.57. The molecule has 0 saturated heterocycles. The van der Waals surface area contributed by atoms with Crippen LogP contribution in [0.2, 0.25) is 0 Å². The summed E-state index contributed by atoms with van der Waals surface area (Å²) >= 11 is 3.51. The minimum atomic E-state index is -0.282. The predicted octanol–water partition coefficient (Wildman–Crippen LogP) is 5.71. The zero-order valence-electron chi connectivity index (χ0n) is 16.7. The van der Waals surface area contributed by atoms with Crippen LogP contribution < -0.4 is 14.2 Å². The lowest BCUT2D eigenvalue weighted by Crippen LogP contribution is -2.33. The molecule has 0 aromatic heterocycles. The second kappa shape index (κ2) is 7.69. The number of fused-ring (bicyclic) bond motifs is 3. The molecule has 3 aromatic carbocycles. The largest absolute Gasteiger partial charge is 0.493 e. The lowest BCUT2D eigenvalue weighted by atomic mass is 9.96. The van der Waals surface area contributed by atoms with E-state index in [-0.39, 0.29) is 12.3 Å². The number of halogens is 1. The molecule has 6 heteroatoms. The van der Waals surface area contributed by atoms with E-state index in [1.54, 1.807) is 14.2 Å². The van der Waals surface area contributed by atoms with Crippen molar-refractivity contribution in [2.75, 3.05) is 14.2 Å². The number of para-hydroxylation sites is 1. The lowest BCUT2D eigenvalue weighted by Gasteiger charge is -2.38. The van der Waals surface area contributed by atoms with E-state index in [9.17, 15) is 0 Å². The molecule has 0 amide bonds. The maximum atomic E-state index is 6.40. The summed E-state index contributed by atoms with van der Waals surface area (Å²) in [4.78, 5) is 0. The molecule has 0 radical (unpaired) electrons. The first kappa shape index (κ1) is 19.0. The van der Waals surface area contributed by atoms with Gasteiger partial charge in [-0.25, -0.2) is 5.01 Å². The number of ether oxygens (including phenoxy) is 3. The summed E-state index contributed by atoms with van der Waals surface area (Å²) in [5, 5.41) is 7.09. The molecule has 5 nitrogen and oxygen atoms in total. The van der Waals surface area contributed by atoms with Gasteiger partial charge in [0.1, 0.15) is 5.75 Å². The number of methoxy groups -OCH3 is 2. The molecular weight excluding hydrogens is 444 g/mol. The van der Waals surface area contributed by atoms with Crippen LogP contribution in [-0.2, 0) is 0 Å². The number of benzene rings is 3. The average molecular weight is 465 g/mol. The van der Waals surface area contributed by atoms with Crippen molar-refractivity contribution in [2.24, 2.45) is 5.10 Å². The highest BCUT2D eigenvalue weighted by atomic mass is 79.9. The van der Waals surface area contributed by atoms with E-state index in [1.165, 1.54) is 0 Å². The van der Waals surface area contributed by atoms with Gasteiger partial charge in [-0.15, -0.1) is 0 Å². The number of hydrazone groups is 1. The number of hydrogen-bond acceptors (Lipinski definition) is 5. The third kappa shape index (κ3) is 3.21. The van der Waals surface area contributed by atoms with Gasteiger partial charge in [-0.3, -0.25) is 0 Å². The summed E-state index contributed by atoms with van der Waals surface area (Å²) in [6.45, 7) is 0. The molecule has 0 fully saturated rings. The topological polar surface area (TPSA) is 43.3 Å². The Morgan fingerprint density at radius 1 is 0.967 bits per heavy atom. The molecule has 0 spiro atoms. The minimum Gasteiger partial charge on any atom is -0.493 e. The van der Waals surface area contributed by atoms with Gasteiger partial charge in [-0.2, -0.15) is 5.10 Å². The Labute approximate surface area is 184 Å². The van der Waals surface area contributed by atoms with E-state index < -0.39 is 0 Å². The number of hydrogen-bond donors (Lipinski definition) is 0. The zero-order valence-corrected chi connectivity index (χ0v) is 18.3. The average Bonchev–Trinajstić information content (AvgIpc) is 3.24. The second-order valence-electron chi connectivity index (χ2n) is 7.28. The van der Waals surface area contributed by atoms with Crippen LogP contribution in [0.5, 0.6) is 17.2 Å². The Balaban J connectivity index is 1.57. The Morgan fingerprint density at radius 3 is 2.50 bits per heavy atom. The molecule has 2 aliphatic rings. The molecule has 0 saturated carbocycles. The number of rotatable bonds is 4. The molecule has 30 heavy (non-hydrogen) atoms. The van der Waals surface area contributed by atoms with Crippen LogP contribution in [0.3, 0.4) is 0 Å². The van der Waals surface area contributed by atoms with Gasteiger partial charge in [-0.05, 0) is 36.4 Å². The fraction of sp³-hybridized carbons (Fsp3) is 0.208.